The number of fused-ring (bicyclic) bond motifs is 1. The minimum absolute atomic E-state index is 0.00923. The van der Waals surface area contributed by atoms with Gasteiger partial charge in [0.2, 0.25) is 0 Å². The van der Waals surface area contributed by atoms with E-state index in [0.717, 1.165) is 39.3 Å². The second kappa shape index (κ2) is 18.7. The predicted octanol–water partition coefficient (Wildman–Crippen LogP) is 13.8. The summed E-state index contributed by atoms with van der Waals surface area (Å²) in [4.78, 5) is 5.18. The summed E-state index contributed by atoms with van der Waals surface area (Å²) in [6, 6.07) is 31.2. The quantitative estimate of drug-likeness (QED) is 0.0322. The van der Waals surface area contributed by atoms with Crippen LogP contribution in [0.2, 0.25) is 0 Å². The molecule has 64 heavy (non-hydrogen) atoms. The maximum absolute atomic E-state index is 11.9. The zero-order valence-electron chi connectivity index (χ0n) is 35.7. The second-order valence-corrected chi connectivity index (χ2v) is 16.5. The number of nitrogens with two attached hydrogens (primary N) is 1. The third-order valence-corrected chi connectivity index (χ3v) is 11.1. The standard InChI is InChI=1S/C47H44N10O6S/c1-26-19-42(28(3)17-40(26)51-49-38-15-7-32(25-58)23-46(38)64(60,61)62)53-55-44-21-31(6)45(22-30(44)5)56-54-43-20-27(2)41(18-29(43)4)52-50-39-16-8-33-24-35(11-14-37(33)47(39)59)57-63-36-12-9-34(48)10-13-36/h7-24,57-59H,25,48H2,1-6H3,(H,60,61,62). The number of nitrogens with one attached hydrogen (secondary N) is 1. The molecule has 6 N–H and O–H groups in total. The first-order valence-corrected chi connectivity index (χ1v) is 21.3. The van der Waals surface area contributed by atoms with E-state index in [1.807, 2.05) is 77.9 Å². The molecule has 0 aliphatic heterocycles. The molecule has 7 aromatic rings. The molecule has 0 amide bonds. The highest BCUT2D eigenvalue weighted by Gasteiger charge is 2.17. The molecule has 0 unspecified atom stereocenters. The summed E-state index contributed by atoms with van der Waals surface area (Å²) >= 11 is 0. The maximum atomic E-state index is 11.9. The fraction of sp³-hybridized carbons (Fsp3) is 0.149. The average molecular weight is 877 g/mol. The number of aryl methyl sites for hydroxylation is 6. The molecule has 324 valence electrons. The lowest BCUT2D eigenvalue weighted by molar-refractivity contribution is 0.281. The number of rotatable bonds is 13. The van der Waals surface area contributed by atoms with Crippen LogP contribution >= 0.6 is 0 Å². The van der Waals surface area contributed by atoms with Crippen molar-refractivity contribution in [1.29, 1.82) is 0 Å². The number of hydrogen-bond acceptors (Lipinski definition) is 15. The molecule has 0 aromatic heterocycles. The van der Waals surface area contributed by atoms with Crippen molar-refractivity contribution in [3.63, 3.8) is 0 Å². The Hall–Kier alpha value is -7.73. The van der Waals surface area contributed by atoms with Crippen molar-refractivity contribution in [1.82, 2.24) is 0 Å². The number of anilines is 2. The van der Waals surface area contributed by atoms with Crippen LogP contribution in [0.1, 0.15) is 38.9 Å². The number of phenols is 1. The molecule has 0 aliphatic rings. The van der Waals surface area contributed by atoms with Gasteiger partial charge in [0, 0.05) is 11.1 Å². The summed E-state index contributed by atoms with van der Waals surface area (Å²) < 4.78 is 33.5. The van der Waals surface area contributed by atoms with E-state index in [2.05, 4.69) is 46.4 Å². The van der Waals surface area contributed by atoms with Crippen LogP contribution in [-0.4, -0.2) is 23.2 Å². The van der Waals surface area contributed by atoms with Gasteiger partial charge in [0.1, 0.15) is 16.3 Å². The Morgan fingerprint density at radius 2 is 0.953 bits per heavy atom. The molecule has 0 atom stereocenters. The number of aliphatic hydroxyl groups is 1. The van der Waals surface area contributed by atoms with Gasteiger partial charge in [-0.15, -0.1) is 10.2 Å². The first kappa shape index (κ1) is 44.3. The van der Waals surface area contributed by atoms with Gasteiger partial charge in [0.05, 0.1) is 46.4 Å². The van der Waals surface area contributed by atoms with Crippen molar-refractivity contribution < 1.29 is 28.0 Å². The van der Waals surface area contributed by atoms with Crippen molar-refractivity contribution in [3.8, 4) is 11.5 Å². The normalized spacial score (nSPS) is 12.1. The van der Waals surface area contributed by atoms with Gasteiger partial charge < -0.3 is 20.8 Å². The largest absolute Gasteiger partial charge is 0.505 e. The van der Waals surface area contributed by atoms with Crippen LogP contribution < -0.4 is 16.1 Å². The van der Waals surface area contributed by atoms with Gasteiger partial charge in [-0.3, -0.25) is 4.55 Å². The lowest BCUT2D eigenvalue weighted by Gasteiger charge is -2.10. The SMILES string of the molecule is Cc1cc(N=Nc2cc(C)c(N=Nc3ccc4cc(NOc5ccc(N)cc5)ccc4c3O)cc2C)c(C)cc1N=Nc1cc(C)c(N=Nc2ccc(CO)cc2S(=O)(=O)O)cc1C. The molecule has 0 heterocycles. The Kier molecular flexibility index (Phi) is 13.0. The summed E-state index contributed by atoms with van der Waals surface area (Å²) in [7, 11) is -4.60. The van der Waals surface area contributed by atoms with Crippen molar-refractivity contribution in [2.24, 2.45) is 40.9 Å². The molecule has 0 saturated carbocycles. The third-order valence-electron chi connectivity index (χ3n) is 10.2. The Bertz CT molecular complexity index is 3170. The van der Waals surface area contributed by atoms with Crippen LogP contribution in [0.3, 0.4) is 0 Å². The number of aliphatic hydroxyl groups excluding tert-OH is 1. The van der Waals surface area contributed by atoms with Gasteiger partial charge in [0.25, 0.3) is 10.1 Å². The van der Waals surface area contributed by atoms with Crippen molar-refractivity contribution in [2.45, 2.75) is 53.0 Å². The van der Waals surface area contributed by atoms with Gasteiger partial charge in [-0.25, -0.2) is 5.48 Å². The molecule has 17 heteroatoms. The summed E-state index contributed by atoms with van der Waals surface area (Å²) in [5.41, 5.74) is 19.1. The minimum atomic E-state index is -4.60. The molecule has 0 radical (unpaired) electrons. The smallest absolute Gasteiger partial charge is 0.296 e. The van der Waals surface area contributed by atoms with Gasteiger partial charge in [-0.2, -0.15) is 39.1 Å². The molecular formula is C47H44N10O6S. The van der Waals surface area contributed by atoms with E-state index in [4.69, 9.17) is 10.6 Å². The summed E-state index contributed by atoms with van der Waals surface area (Å²) in [6.45, 7) is 10.9. The highest BCUT2D eigenvalue weighted by molar-refractivity contribution is 7.86. The minimum Gasteiger partial charge on any atom is -0.505 e. The van der Waals surface area contributed by atoms with E-state index in [9.17, 15) is 23.2 Å². The predicted molar refractivity (Wildman–Crippen MR) is 247 cm³/mol. The maximum Gasteiger partial charge on any atom is 0.296 e. The highest BCUT2D eigenvalue weighted by Crippen LogP contribution is 2.39. The van der Waals surface area contributed by atoms with Crippen LogP contribution in [0.5, 0.6) is 11.5 Å². The lowest BCUT2D eigenvalue weighted by Crippen LogP contribution is -2.04. The molecular weight excluding hydrogens is 833 g/mol. The molecule has 0 bridgehead atoms. The van der Waals surface area contributed by atoms with Crippen LogP contribution in [0.15, 0.2) is 155 Å². The van der Waals surface area contributed by atoms with E-state index in [1.165, 1.54) is 12.1 Å². The fourth-order valence-corrected chi connectivity index (χ4v) is 7.15. The molecule has 7 aromatic carbocycles. The number of benzene rings is 7. The molecule has 7 rings (SSSR count). The molecule has 16 nitrogen and oxygen atoms in total. The lowest BCUT2D eigenvalue weighted by atomic mass is 10.1. The van der Waals surface area contributed by atoms with Gasteiger partial charge in [0.15, 0.2) is 11.5 Å². The van der Waals surface area contributed by atoms with E-state index in [0.29, 0.717) is 73.4 Å². The molecule has 0 saturated heterocycles. The Morgan fingerprint density at radius 3 is 1.39 bits per heavy atom. The number of nitrogen functional groups attached to an aromatic ring is 1. The van der Waals surface area contributed by atoms with E-state index < -0.39 is 21.6 Å². The monoisotopic (exact) mass is 876 g/mol. The summed E-state index contributed by atoms with van der Waals surface area (Å²) in [6.07, 6.45) is 0. The molecule has 0 fully saturated rings. The van der Waals surface area contributed by atoms with Crippen LogP contribution in [0.4, 0.5) is 56.9 Å². The number of phenolic OH excluding ortho intramolecular Hbond substituents is 1. The topological polar surface area (TPSA) is 241 Å². The number of nitrogens with zero attached hydrogens (tertiary/aromatic N) is 8. The number of aromatic hydroxyl groups is 1. The van der Waals surface area contributed by atoms with Crippen LogP contribution in [0, 0.1) is 41.5 Å². The molecule has 0 spiro atoms. The van der Waals surface area contributed by atoms with Gasteiger partial charge in [-0.05, 0) is 183 Å². The molecule has 0 aliphatic carbocycles. The average Bonchev–Trinajstić information content (AvgIpc) is 3.26. The van der Waals surface area contributed by atoms with Crippen molar-refractivity contribution in [3.05, 3.63) is 148 Å². The van der Waals surface area contributed by atoms with Crippen molar-refractivity contribution >= 4 is 77.8 Å². The third kappa shape index (κ3) is 10.3. The van der Waals surface area contributed by atoms with Gasteiger partial charge in [-0.1, -0.05) is 12.1 Å². The first-order valence-electron chi connectivity index (χ1n) is 19.8. The highest BCUT2D eigenvalue weighted by atomic mass is 32.2. The second-order valence-electron chi connectivity index (χ2n) is 15.2. The van der Waals surface area contributed by atoms with Crippen LogP contribution in [-0.2, 0) is 16.7 Å². The number of azo groups is 4. The first-order chi connectivity index (χ1) is 30.6. The number of hydrogen-bond donors (Lipinski definition) is 5. The summed E-state index contributed by atoms with van der Waals surface area (Å²) in [5, 5.41) is 57.2. The fourth-order valence-electron chi connectivity index (χ4n) is 6.48. The van der Waals surface area contributed by atoms with Gasteiger partial charge >= 0.3 is 0 Å². The Morgan fingerprint density at radius 1 is 0.531 bits per heavy atom. The zero-order chi connectivity index (χ0) is 45.7. The Labute approximate surface area is 369 Å². The van der Waals surface area contributed by atoms with Crippen molar-refractivity contribution in [2.75, 3.05) is 11.2 Å². The summed E-state index contributed by atoms with van der Waals surface area (Å²) in [5.74, 6) is 0.617. The van der Waals surface area contributed by atoms with E-state index in [-0.39, 0.29) is 11.4 Å². The van der Waals surface area contributed by atoms with E-state index >= 15 is 0 Å². The Balaban J connectivity index is 1.02. The zero-order valence-corrected chi connectivity index (χ0v) is 36.5. The van der Waals surface area contributed by atoms with Crippen LogP contribution in [0.25, 0.3) is 10.8 Å². The van der Waals surface area contributed by atoms with E-state index in [1.54, 1.807) is 54.6 Å².